The molecule has 29 heavy (non-hydrogen) atoms. The minimum Gasteiger partial charge on any atom is -0.207 e. The molecular weight excluding hydrogens is 455 g/mol. The van der Waals surface area contributed by atoms with Gasteiger partial charge in [-0.05, 0) is 60.0 Å². The van der Waals surface area contributed by atoms with Crippen molar-refractivity contribution < 1.29 is 12.8 Å². The number of nitrogens with zero attached hydrogens (tertiary/aromatic N) is 2. The van der Waals surface area contributed by atoms with Crippen LogP contribution in [-0.2, 0) is 10.0 Å². The Morgan fingerprint density at radius 2 is 1.72 bits per heavy atom. The van der Waals surface area contributed by atoms with Gasteiger partial charge in [-0.15, -0.1) is 0 Å². The summed E-state index contributed by atoms with van der Waals surface area (Å²) in [5.41, 5.74) is 3.00. The van der Waals surface area contributed by atoms with Gasteiger partial charge in [-0.25, -0.2) is 4.39 Å². The number of hydrogen-bond donors (Lipinski definition) is 0. The molecule has 3 aromatic carbocycles. The quantitative estimate of drug-likeness (QED) is 0.507. The molecule has 1 atom stereocenters. The van der Waals surface area contributed by atoms with Crippen LogP contribution >= 0.6 is 15.9 Å². The van der Waals surface area contributed by atoms with Crippen LogP contribution < -0.4 is 0 Å². The first-order valence-corrected chi connectivity index (χ1v) is 11.3. The number of halogens is 2. The second-order valence-corrected chi connectivity index (χ2v) is 9.63. The molecule has 1 aliphatic rings. The smallest absolute Gasteiger partial charge is 0.207 e. The molecule has 0 saturated heterocycles. The highest BCUT2D eigenvalue weighted by Crippen LogP contribution is 2.37. The lowest BCUT2D eigenvalue weighted by Crippen LogP contribution is -2.27. The maximum atomic E-state index is 13.4. The summed E-state index contributed by atoms with van der Waals surface area (Å²) in [6.45, 7) is 1.85. The van der Waals surface area contributed by atoms with Crippen molar-refractivity contribution in [2.24, 2.45) is 5.10 Å². The molecule has 4 nitrogen and oxygen atoms in total. The van der Waals surface area contributed by atoms with E-state index in [9.17, 15) is 12.8 Å². The zero-order valence-corrected chi connectivity index (χ0v) is 18.0. The van der Waals surface area contributed by atoms with Crippen LogP contribution in [0.4, 0.5) is 4.39 Å². The largest absolute Gasteiger partial charge is 0.279 e. The third kappa shape index (κ3) is 3.97. The highest BCUT2D eigenvalue weighted by Gasteiger charge is 2.37. The van der Waals surface area contributed by atoms with Crippen molar-refractivity contribution in [2.75, 3.05) is 0 Å². The van der Waals surface area contributed by atoms with E-state index in [1.54, 1.807) is 30.3 Å². The van der Waals surface area contributed by atoms with Gasteiger partial charge in [-0.1, -0.05) is 52.3 Å². The van der Waals surface area contributed by atoms with Crippen LogP contribution in [0.15, 0.2) is 87.3 Å². The van der Waals surface area contributed by atoms with Gasteiger partial charge >= 0.3 is 0 Å². The van der Waals surface area contributed by atoms with Crippen molar-refractivity contribution in [3.8, 4) is 0 Å². The molecule has 0 amide bonds. The summed E-state index contributed by atoms with van der Waals surface area (Å²) < 4.78 is 42.3. The molecule has 0 saturated carbocycles. The molecular formula is C22H18BrFN2O2S. The predicted molar refractivity (Wildman–Crippen MR) is 115 cm³/mol. The van der Waals surface area contributed by atoms with Crippen LogP contribution in [0.5, 0.6) is 0 Å². The number of aryl methyl sites for hydroxylation is 1. The molecule has 1 unspecified atom stereocenters. The van der Waals surface area contributed by atoms with Crippen LogP contribution in [-0.4, -0.2) is 18.5 Å². The van der Waals surface area contributed by atoms with Crippen LogP contribution in [0.3, 0.4) is 0 Å². The van der Waals surface area contributed by atoms with Crippen molar-refractivity contribution in [3.05, 3.63) is 99.8 Å². The molecule has 0 radical (unpaired) electrons. The molecule has 4 rings (SSSR count). The summed E-state index contributed by atoms with van der Waals surface area (Å²) >= 11 is 3.41. The van der Waals surface area contributed by atoms with E-state index < -0.39 is 16.1 Å². The Balaban J connectivity index is 1.80. The summed E-state index contributed by atoms with van der Waals surface area (Å²) in [6.07, 6.45) is 0.401. The molecule has 0 fully saturated rings. The number of hydrazone groups is 1. The normalized spacial score (nSPS) is 16.7. The molecule has 7 heteroatoms. The molecule has 3 aromatic rings. The van der Waals surface area contributed by atoms with E-state index in [0.29, 0.717) is 17.7 Å². The number of sulfonamides is 1. The minimum absolute atomic E-state index is 0.198. The van der Waals surface area contributed by atoms with E-state index in [1.165, 1.54) is 16.5 Å². The van der Waals surface area contributed by atoms with Gasteiger partial charge in [0.25, 0.3) is 10.0 Å². The van der Waals surface area contributed by atoms with E-state index in [-0.39, 0.29) is 10.7 Å². The topological polar surface area (TPSA) is 49.7 Å². The van der Waals surface area contributed by atoms with E-state index in [0.717, 1.165) is 15.6 Å². The molecule has 0 N–H and O–H groups in total. The molecule has 0 bridgehead atoms. The first-order chi connectivity index (χ1) is 13.8. The average Bonchev–Trinajstić information content (AvgIpc) is 3.15. The van der Waals surface area contributed by atoms with Gasteiger partial charge in [0.2, 0.25) is 0 Å². The van der Waals surface area contributed by atoms with Gasteiger partial charge in [0.15, 0.2) is 0 Å². The lowest BCUT2D eigenvalue weighted by Gasteiger charge is -2.23. The van der Waals surface area contributed by atoms with Crippen LogP contribution in [0.2, 0.25) is 0 Å². The van der Waals surface area contributed by atoms with Crippen molar-refractivity contribution in [1.82, 2.24) is 4.41 Å². The first kappa shape index (κ1) is 19.8. The van der Waals surface area contributed by atoms with Crippen molar-refractivity contribution in [2.45, 2.75) is 24.3 Å². The van der Waals surface area contributed by atoms with Crippen molar-refractivity contribution in [1.29, 1.82) is 0 Å². The summed E-state index contributed by atoms with van der Waals surface area (Å²) in [4.78, 5) is 0.198. The number of hydrogen-bond acceptors (Lipinski definition) is 3. The molecule has 148 valence electrons. The molecule has 0 spiro atoms. The number of rotatable bonds is 4. The predicted octanol–water partition coefficient (Wildman–Crippen LogP) is 5.44. The Morgan fingerprint density at radius 3 is 2.38 bits per heavy atom. The fourth-order valence-electron chi connectivity index (χ4n) is 3.34. The van der Waals surface area contributed by atoms with Gasteiger partial charge in [0, 0.05) is 10.9 Å². The van der Waals surface area contributed by atoms with Crippen molar-refractivity contribution in [3.63, 3.8) is 0 Å². The molecule has 1 heterocycles. The monoisotopic (exact) mass is 472 g/mol. The highest BCUT2D eigenvalue weighted by molar-refractivity contribution is 9.10. The van der Waals surface area contributed by atoms with Gasteiger partial charge < -0.3 is 0 Å². The second-order valence-electron chi connectivity index (χ2n) is 6.92. The van der Waals surface area contributed by atoms with Crippen LogP contribution in [0.25, 0.3) is 0 Å². The fraction of sp³-hybridized carbons (Fsp3) is 0.136. The summed E-state index contributed by atoms with van der Waals surface area (Å²) in [5.74, 6) is -0.346. The zero-order chi connectivity index (χ0) is 20.6. The Kier molecular flexibility index (Phi) is 5.27. The summed E-state index contributed by atoms with van der Waals surface area (Å²) in [6, 6.07) is 19.8. The molecule has 0 aromatic heterocycles. The average molecular weight is 473 g/mol. The van der Waals surface area contributed by atoms with Crippen molar-refractivity contribution >= 4 is 31.7 Å². The highest BCUT2D eigenvalue weighted by atomic mass is 79.9. The minimum atomic E-state index is -3.86. The summed E-state index contributed by atoms with van der Waals surface area (Å²) in [5, 5.41) is 4.47. The third-order valence-corrected chi connectivity index (χ3v) is 7.05. The lowest BCUT2D eigenvalue weighted by atomic mass is 9.99. The van der Waals surface area contributed by atoms with E-state index in [4.69, 9.17) is 0 Å². The van der Waals surface area contributed by atoms with E-state index >= 15 is 0 Å². The van der Waals surface area contributed by atoms with Crippen LogP contribution in [0, 0.1) is 12.7 Å². The summed E-state index contributed by atoms with van der Waals surface area (Å²) in [7, 11) is -3.86. The second kappa shape index (κ2) is 7.72. The van der Waals surface area contributed by atoms with E-state index in [1.807, 2.05) is 37.3 Å². The maximum Gasteiger partial charge on any atom is 0.279 e. The molecule has 0 aliphatic carbocycles. The maximum absolute atomic E-state index is 13.4. The lowest BCUT2D eigenvalue weighted by molar-refractivity contribution is 0.371. The Bertz CT molecular complexity index is 1180. The SMILES string of the molecule is Cc1cccc(S(=O)(=O)N2N=C(c3ccc(F)cc3)CC2c2ccc(Br)cc2)c1. The Hall–Kier alpha value is -2.51. The van der Waals surface area contributed by atoms with Gasteiger partial charge in [0.05, 0.1) is 16.6 Å². The van der Waals surface area contributed by atoms with Gasteiger partial charge in [-0.2, -0.15) is 17.9 Å². The standard InChI is InChI=1S/C22H18BrFN2O2S/c1-15-3-2-4-20(13-15)29(27,28)26-22(17-5-9-18(23)10-6-17)14-21(25-26)16-7-11-19(24)12-8-16/h2-13,22H,14H2,1H3. The number of benzene rings is 3. The zero-order valence-electron chi connectivity index (χ0n) is 15.6. The van der Waals surface area contributed by atoms with Crippen LogP contribution in [0.1, 0.15) is 29.2 Å². The van der Waals surface area contributed by atoms with E-state index in [2.05, 4.69) is 21.0 Å². The van der Waals surface area contributed by atoms with Gasteiger partial charge in [0.1, 0.15) is 5.82 Å². The third-order valence-electron chi connectivity index (χ3n) is 4.84. The van der Waals surface area contributed by atoms with Gasteiger partial charge in [-0.3, -0.25) is 0 Å². The first-order valence-electron chi connectivity index (χ1n) is 9.04. The molecule has 1 aliphatic heterocycles. The Morgan fingerprint density at radius 1 is 1.03 bits per heavy atom. The fourth-order valence-corrected chi connectivity index (χ4v) is 5.15. The Labute approximate surface area is 177 Å².